The Morgan fingerprint density at radius 2 is 1.37 bits per heavy atom. The highest BCUT2D eigenvalue weighted by Gasteiger charge is 2.74. The predicted molar refractivity (Wildman–Crippen MR) is 141 cm³/mol. The molecule has 0 N–H and O–H groups in total. The van der Waals surface area contributed by atoms with Crippen LogP contribution in [0.25, 0.3) is 10.8 Å². The van der Waals surface area contributed by atoms with Gasteiger partial charge in [0.1, 0.15) is 0 Å². The van der Waals surface area contributed by atoms with Crippen molar-refractivity contribution in [3.8, 4) is 0 Å². The summed E-state index contributed by atoms with van der Waals surface area (Å²) in [7, 11) is 0. The maximum Gasteiger partial charge on any atom is 0.241 e. The minimum atomic E-state index is -2.09. The summed E-state index contributed by atoms with van der Waals surface area (Å²) in [4.78, 5) is 57.4. The second-order valence-electron chi connectivity index (χ2n) is 10.3. The third-order valence-corrected chi connectivity index (χ3v) is 8.40. The van der Waals surface area contributed by atoms with Crippen molar-refractivity contribution < 1.29 is 23.9 Å². The predicted octanol–water partition coefficient (Wildman–Crippen LogP) is 5.15. The largest absolute Gasteiger partial charge is 0.349 e. The fraction of sp³-hybridized carbons (Fsp3) is 0.188. The summed E-state index contributed by atoms with van der Waals surface area (Å²) >= 11 is 0. The quantitative estimate of drug-likeness (QED) is 0.280. The highest BCUT2D eigenvalue weighted by atomic mass is 16.5. The van der Waals surface area contributed by atoms with Gasteiger partial charge in [0.05, 0.1) is 23.6 Å². The number of fused-ring (bicyclic) bond motifs is 4. The van der Waals surface area contributed by atoms with Gasteiger partial charge < -0.3 is 4.74 Å². The number of Topliss-reactive ketones (excluding diaryl/α,β-unsaturated/α-hetero) is 2. The number of ketones is 2. The number of benzene rings is 4. The molecule has 4 aromatic rings. The molecule has 0 bridgehead atoms. The third kappa shape index (κ3) is 2.75. The van der Waals surface area contributed by atoms with Gasteiger partial charge in [-0.1, -0.05) is 72.8 Å². The molecule has 0 saturated carbocycles. The zero-order valence-corrected chi connectivity index (χ0v) is 20.8. The Balaban J connectivity index is 1.46. The lowest BCUT2D eigenvalue weighted by Crippen LogP contribution is -2.51. The molecule has 3 atom stereocenters. The summed E-state index contributed by atoms with van der Waals surface area (Å²) in [5.41, 5.74) is 1.42. The van der Waals surface area contributed by atoms with Gasteiger partial charge in [0, 0.05) is 11.1 Å². The Bertz CT molecular complexity index is 1700. The van der Waals surface area contributed by atoms with Crippen LogP contribution in [0, 0.1) is 25.7 Å². The number of carbonyl (C=O) groups excluding carboxylic acids is 4. The zero-order valence-electron chi connectivity index (χ0n) is 20.8. The summed E-state index contributed by atoms with van der Waals surface area (Å²) in [5, 5.41) is 1.78. The van der Waals surface area contributed by atoms with Crippen molar-refractivity contribution >= 4 is 39.8 Å². The normalized spacial score (nSPS) is 23.5. The number of hydrogen-bond acceptors (Lipinski definition) is 5. The molecule has 0 aromatic heterocycles. The Hall–Kier alpha value is -4.42. The Labute approximate surface area is 218 Å². The van der Waals surface area contributed by atoms with Crippen LogP contribution in [0.4, 0.5) is 5.69 Å². The SMILES string of the molecule is Cc1ccc(N2C(=O)[C@@H]3[C@@H](c4cccc5ccccc45)OC4(C(=O)c5ccccc5C4=O)[C@H]3C2=O)cc1C. The van der Waals surface area contributed by atoms with E-state index in [1.807, 2.05) is 62.4 Å². The molecule has 6 heteroatoms. The van der Waals surface area contributed by atoms with Crippen LogP contribution in [0.15, 0.2) is 84.9 Å². The fourth-order valence-corrected chi connectivity index (χ4v) is 6.42. The molecule has 2 fully saturated rings. The second-order valence-corrected chi connectivity index (χ2v) is 10.3. The standard InChI is InChI=1S/C32H23NO5/c1-17-14-15-20(16-18(17)2)33-30(36)25-26(31(33)37)32(28(34)23-11-5-6-12-24(23)29(32)35)38-27(25)22-13-7-9-19-8-3-4-10-21(19)22/h3-16,25-27H,1-2H3/t25-,26+,27+/m0/s1. The van der Waals surface area contributed by atoms with E-state index in [2.05, 4.69) is 0 Å². The van der Waals surface area contributed by atoms with Gasteiger partial charge in [-0.15, -0.1) is 0 Å². The van der Waals surface area contributed by atoms with Gasteiger partial charge in [-0.25, -0.2) is 4.90 Å². The number of anilines is 1. The Morgan fingerprint density at radius 1 is 0.711 bits per heavy atom. The first-order chi connectivity index (χ1) is 18.3. The topological polar surface area (TPSA) is 80.8 Å². The van der Waals surface area contributed by atoms with E-state index in [-0.39, 0.29) is 11.1 Å². The molecular weight excluding hydrogens is 478 g/mol. The molecule has 2 amide bonds. The minimum absolute atomic E-state index is 0.222. The molecule has 0 unspecified atom stereocenters. The van der Waals surface area contributed by atoms with Gasteiger partial charge in [-0.3, -0.25) is 19.2 Å². The number of aryl methyl sites for hydroxylation is 2. The first kappa shape index (κ1) is 22.8. The van der Waals surface area contributed by atoms with Crippen LogP contribution in [-0.2, 0) is 14.3 Å². The highest BCUT2D eigenvalue weighted by molar-refractivity contribution is 6.37. The number of nitrogens with zero attached hydrogens (tertiary/aromatic N) is 1. The lowest BCUT2D eigenvalue weighted by molar-refractivity contribution is -0.127. The molecule has 1 aliphatic carbocycles. The molecule has 0 radical (unpaired) electrons. The molecule has 7 rings (SSSR count). The first-order valence-electron chi connectivity index (χ1n) is 12.6. The number of imide groups is 1. The van der Waals surface area contributed by atoms with E-state index in [1.165, 1.54) is 0 Å². The maximum atomic E-state index is 14.2. The van der Waals surface area contributed by atoms with E-state index in [4.69, 9.17) is 4.74 Å². The Morgan fingerprint density at radius 3 is 2.08 bits per heavy atom. The van der Waals surface area contributed by atoms with E-state index < -0.39 is 46.9 Å². The van der Waals surface area contributed by atoms with E-state index in [9.17, 15) is 19.2 Å². The van der Waals surface area contributed by atoms with Crippen molar-refractivity contribution in [1.29, 1.82) is 0 Å². The van der Waals surface area contributed by atoms with Gasteiger partial charge in [-0.2, -0.15) is 0 Å². The van der Waals surface area contributed by atoms with Gasteiger partial charge in [0.15, 0.2) is 0 Å². The van der Waals surface area contributed by atoms with Crippen LogP contribution < -0.4 is 4.90 Å². The van der Waals surface area contributed by atoms with Crippen LogP contribution in [0.5, 0.6) is 0 Å². The van der Waals surface area contributed by atoms with Crippen LogP contribution in [0.2, 0.25) is 0 Å². The second kappa shape index (κ2) is 7.79. The lowest BCUT2D eigenvalue weighted by Gasteiger charge is -2.27. The summed E-state index contributed by atoms with van der Waals surface area (Å²) < 4.78 is 6.48. The van der Waals surface area contributed by atoms with Crippen molar-refractivity contribution in [2.24, 2.45) is 11.8 Å². The van der Waals surface area contributed by atoms with Crippen molar-refractivity contribution in [2.45, 2.75) is 25.6 Å². The number of ether oxygens (including phenoxy) is 1. The fourth-order valence-electron chi connectivity index (χ4n) is 6.42. The smallest absolute Gasteiger partial charge is 0.241 e. The number of rotatable bonds is 2. The van der Waals surface area contributed by atoms with Gasteiger partial charge >= 0.3 is 0 Å². The number of carbonyl (C=O) groups is 4. The van der Waals surface area contributed by atoms with Crippen LogP contribution in [0.1, 0.15) is 43.5 Å². The molecule has 6 nitrogen and oxygen atoms in total. The van der Waals surface area contributed by atoms with E-state index in [1.54, 1.807) is 36.4 Å². The summed E-state index contributed by atoms with van der Waals surface area (Å²) in [6, 6.07) is 25.2. The minimum Gasteiger partial charge on any atom is -0.349 e. The average Bonchev–Trinajstić information content (AvgIpc) is 3.50. The summed E-state index contributed by atoms with van der Waals surface area (Å²) in [5.74, 6) is -4.46. The third-order valence-electron chi connectivity index (χ3n) is 8.40. The molecule has 1 spiro atoms. The summed E-state index contributed by atoms with van der Waals surface area (Å²) in [6.07, 6.45) is -0.957. The molecule has 2 heterocycles. The van der Waals surface area contributed by atoms with Gasteiger partial charge in [-0.05, 0) is 53.4 Å². The first-order valence-corrected chi connectivity index (χ1v) is 12.6. The number of amides is 2. The summed E-state index contributed by atoms with van der Waals surface area (Å²) in [6.45, 7) is 3.86. The highest BCUT2D eigenvalue weighted by Crippen LogP contribution is 2.58. The molecular formula is C32H23NO5. The lowest BCUT2D eigenvalue weighted by atomic mass is 9.77. The van der Waals surface area contributed by atoms with Gasteiger partial charge in [0.25, 0.3) is 0 Å². The monoisotopic (exact) mass is 501 g/mol. The molecule has 2 aliphatic heterocycles. The van der Waals surface area contributed by atoms with E-state index >= 15 is 0 Å². The van der Waals surface area contributed by atoms with Crippen molar-refractivity contribution in [2.75, 3.05) is 4.90 Å². The zero-order chi connectivity index (χ0) is 26.3. The van der Waals surface area contributed by atoms with Crippen LogP contribution in [-0.4, -0.2) is 29.0 Å². The van der Waals surface area contributed by atoms with Crippen LogP contribution >= 0.6 is 0 Å². The van der Waals surface area contributed by atoms with Crippen molar-refractivity contribution in [3.63, 3.8) is 0 Å². The molecule has 186 valence electrons. The van der Waals surface area contributed by atoms with E-state index in [0.717, 1.165) is 26.8 Å². The molecule has 38 heavy (non-hydrogen) atoms. The molecule has 2 saturated heterocycles. The van der Waals surface area contributed by atoms with Crippen molar-refractivity contribution in [3.05, 3.63) is 113 Å². The molecule has 4 aromatic carbocycles. The number of hydrogen-bond donors (Lipinski definition) is 0. The van der Waals surface area contributed by atoms with Crippen molar-refractivity contribution in [1.82, 2.24) is 0 Å². The van der Waals surface area contributed by atoms with Gasteiger partial charge in [0.2, 0.25) is 29.0 Å². The molecule has 3 aliphatic rings. The van der Waals surface area contributed by atoms with E-state index in [0.29, 0.717) is 11.3 Å². The maximum absolute atomic E-state index is 14.2. The van der Waals surface area contributed by atoms with Crippen LogP contribution in [0.3, 0.4) is 0 Å². The average molecular weight is 502 g/mol. The Kier molecular flexibility index (Phi) is 4.66.